The summed E-state index contributed by atoms with van der Waals surface area (Å²) in [4.78, 5) is 31.0. The lowest BCUT2D eigenvalue weighted by Gasteiger charge is -2.39. The number of methoxy groups -OCH3 is 2. The molecular weight excluding hydrogens is 480 g/mol. The first-order chi connectivity index (χ1) is 17.6. The van der Waals surface area contributed by atoms with E-state index in [-0.39, 0.29) is 30.2 Å². The molecule has 0 saturated heterocycles. The van der Waals surface area contributed by atoms with E-state index in [1.165, 1.54) is 20.3 Å². The van der Waals surface area contributed by atoms with E-state index in [0.717, 1.165) is 16.5 Å². The number of fused-ring (bicyclic) bond motifs is 1. The number of carbonyl (C=O) groups excluding carboxylic acids is 2. The first-order valence-electron chi connectivity index (χ1n) is 11.5. The van der Waals surface area contributed by atoms with Crippen LogP contribution in [-0.4, -0.2) is 30.9 Å². The zero-order valence-electron chi connectivity index (χ0n) is 21.0. The zero-order valence-corrected chi connectivity index (χ0v) is 21.0. The average Bonchev–Trinajstić information content (AvgIpc) is 2.88. The molecule has 2 aromatic carbocycles. The average molecular weight is 508 g/mol. The van der Waals surface area contributed by atoms with Crippen molar-refractivity contribution in [2.45, 2.75) is 32.2 Å². The van der Waals surface area contributed by atoms with Crippen LogP contribution >= 0.6 is 0 Å². The molecule has 2 heterocycles. The highest BCUT2D eigenvalue weighted by atomic mass is 19.1. The van der Waals surface area contributed by atoms with E-state index < -0.39 is 28.6 Å². The Bertz CT molecular complexity index is 1380. The summed E-state index contributed by atoms with van der Waals surface area (Å²) in [6, 6.07) is 10.2. The van der Waals surface area contributed by atoms with E-state index in [1.807, 2.05) is 24.3 Å². The fraction of sp³-hybridized carbons (Fsp3) is 0.250. The predicted molar refractivity (Wildman–Crippen MR) is 137 cm³/mol. The van der Waals surface area contributed by atoms with Crippen LogP contribution in [0.15, 0.2) is 55.3 Å². The quantitative estimate of drug-likeness (QED) is 0.420. The topological polar surface area (TPSA) is 80.8 Å². The molecule has 7 nitrogen and oxygen atoms in total. The maximum absolute atomic E-state index is 15.2. The van der Waals surface area contributed by atoms with E-state index in [9.17, 15) is 9.59 Å². The van der Waals surface area contributed by atoms with E-state index in [4.69, 9.17) is 9.47 Å². The van der Waals surface area contributed by atoms with Crippen molar-refractivity contribution in [3.63, 3.8) is 0 Å². The van der Waals surface area contributed by atoms with Gasteiger partial charge in [-0.3, -0.25) is 9.59 Å². The minimum absolute atomic E-state index is 0.0978. The van der Waals surface area contributed by atoms with Gasteiger partial charge >= 0.3 is 0 Å². The van der Waals surface area contributed by atoms with Crippen molar-refractivity contribution in [2.24, 2.45) is 0 Å². The van der Waals surface area contributed by atoms with Crippen LogP contribution < -0.4 is 19.7 Å². The van der Waals surface area contributed by atoms with Gasteiger partial charge in [-0.25, -0.2) is 13.8 Å². The SMILES string of the molecule is C=CC(=O)Cc1ccccc1Nc1cc2c(cn1)CN(c1c(F)c(OC)cc(OC)c1F)C(=O)C2(C)C. The third-order valence-electron chi connectivity index (χ3n) is 6.46. The van der Waals surface area contributed by atoms with Crippen molar-refractivity contribution in [1.29, 1.82) is 0 Å². The van der Waals surface area contributed by atoms with Crippen molar-refractivity contribution in [3.8, 4) is 11.5 Å². The first kappa shape index (κ1) is 25.8. The van der Waals surface area contributed by atoms with Gasteiger partial charge in [0.15, 0.2) is 28.9 Å². The Morgan fingerprint density at radius 3 is 2.43 bits per heavy atom. The van der Waals surface area contributed by atoms with Crippen LogP contribution in [0.1, 0.15) is 30.5 Å². The normalized spacial score (nSPS) is 14.1. The largest absolute Gasteiger partial charge is 0.493 e. The Labute approximate surface area is 213 Å². The van der Waals surface area contributed by atoms with Crippen molar-refractivity contribution < 1.29 is 27.8 Å². The number of ketones is 1. The summed E-state index contributed by atoms with van der Waals surface area (Å²) in [5.41, 5.74) is 1.08. The van der Waals surface area contributed by atoms with E-state index in [2.05, 4.69) is 16.9 Å². The van der Waals surface area contributed by atoms with Gasteiger partial charge in [0.25, 0.3) is 0 Å². The number of aromatic nitrogens is 1. The molecule has 0 spiro atoms. The lowest BCUT2D eigenvalue weighted by Crippen LogP contribution is -2.48. The number of nitrogens with zero attached hydrogens (tertiary/aromatic N) is 2. The lowest BCUT2D eigenvalue weighted by molar-refractivity contribution is -0.123. The smallest absolute Gasteiger partial charge is 0.237 e. The van der Waals surface area contributed by atoms with Crippen LogP contribution in [0.4, 0.5) is 26.0 Å². The highest BCUT2D eigenvalue weighted by Crippen LogP contribution is 2.43. The van der Waals surface area contributed by atoms with Crippen molar-refractivity contribution in [2.75, 3.05) is 24.4 Å². The molecule has 9 heteroatoms. The van der Waals surface area contributed by atoms with Crippen LogP contribution in [0, 0.1) is 11.6 Å². The number of hydrogen-bond acceptors (Lipinski definition) is 6. The molecular formula is C28H27F2N3O4. The number of carbonyl (C=O) groups is 2. The highest BCUT2D eigenvalue weighted by molar-refractivity contribution is 6.03. The summed E-state index contributed by atoms with van der Waals surface area (Å²) < 4.78 is 40.5. The molecule has 4 rings (SSSR count). The second-order valence-corrected chi connectivity index (χ2v) is 9.13. The molecule has 1 aliphatic rings. The number of rotatable bonds is 8. The van der Waals surface area contributed by atoms with Crippen LogP contribution in [0.5, 0.6) is 11.5 Å². The maximum atomic E-state index is 15.2. The summed E-state index contributed by atoms with van der Waals surface area (Å²) >= 11 is 0. The molecule has 0 radical (unpaired) electrons. The molecule has 1 amide bonds. The number of hydrogen-bond donors (Lipinski definition) is 1. The Kier molecular flexibility index (Phi) is 6.98. The number of anilines is 3. The zero-order chi connectivity index (χ0) is 26.9. The van der Waals surface area contributed by atoms with Crippen molar-refractivity contribution >= 4 is 28.9 Å². The Hall–Kier alpha value is -4.27. The molecule has 1 aliphatic heterocycles. The van der Waals surface area contributed by atoms with Crippen molar-refractivity contribution in [3.05, 3.63) is 83.6 Å². The number of ether oxygens (including phenoxy) is 2. The third kappa shape index (κ3) is 4.64. The van der Waals surface area contributed by atoms with E-state index in [0.29, 0.717) is 22.6 Å². The van der Waals surface area contributed by atoms with Gasteiger partial charge in [-0.1, -0.05) is 24.8 Å². The fourth-order valence-electron chi connectivity index (χ4n) is 4.44. The molecule has 0 aliphatic carbocycles. The molecule has 0 saturated carbocycles. The summed E-state index contributed by atoms with van der Waals surface area (Å²) in [6.45, 7) is 6.80. The van der Waals surface area contributed by atoms with Crippen LogP contribution in [0.2, 0.25) is 0 Å². The summed E-state index contributed by atoms with van der Waals surface area (Å²) in [6.07, 6.45) is 3.03. The van der Waals surface area contributed by atoms with Gasteiger partial charge in [0.05, 0.1) is 26.2 Å². The molecule has 1 N–H and O–H groups in total. The monoisotopic (exact) mass is 507 g/mol. The van der Waals surface area contributed by atoms with Gasteiger partial charge in [0.2, 0.25) is 5.91 Å². The van der Waals surface area contributed by atoms with Crippen LogP contribution in [-0.2, 0) is 28.0 Å². The number of halogens is 2. The maximum Gasteiger partial charge on any atom is 0.237 e. The predicted octanol–water partition coefficient (Wildman–Crippen LogP) is 5.24. The third-order valence-corrected chi connectivity index (χ3v) is 6.46. The molecule has 1 aromatic heterocycles. The molecule has 0 atom stereocenters. The van der Waals surface area contributed by atoms with Gasteiger partial charge in [-0.05, 0) is 48.7 Å². The number of nitrogens with one attached hydrogen (secondary N) is 1. The van der Waals surface area contributed by atoms with Gasteiger partial charge in [0, 0.05) is 24.4 Å². The van der Waals surface area contributed by atoms with Gasteiger partial charge in [-0.15, -0.1) is 0 Å². The van der Waals surface area contributed by atoms with Gasteiger partial charge < -0.3 is 19.7 Å². The fourth-order valence-corrected chi connectivity index (χ4v) is 4.44. The van der Waals surface area contributed by atoms with E-state index in [1.54, 1.807) is 26.1 Å². The molecule has 0 bridgehead atoms. The van der Waals surface area contributed by atoms with E-state index >= 15 is 8.78 Å². The second kappa shape index (κ2) is 10.0. The molecule has 0 fully saturated rings. The number of pyridine rings is 1. The number of allylic oxidation sites excluding steroid dienone is 1. The van der Waals surface area contributed by atoms with Crippen LogP contribution in [0.25, 0.3) is 0 Å². The molecule has 0 unspecified atom stereocenters. The van der Waals surface area contributed by atoms with Gasteiger partial charge in [0.1, 0.15) is 11.5 Å². The minimum atomic E-state index is -1.14. The first-order valence-corrected chi connectivity index (χ1v) is 11.5. The molecule has 3 aromatic rings. The minimum Gasteiger partial charge on any atom is -0.493 e. The number of benzene rings is 2. The summed E-state index contributed by atoms with van der Waals surface area (Å²) in [5, 5.41) is 3.22. The Balaban J connectivity index is 1.73. The molecule has 37 heavy (non-hydrogen) atoms. The Morgan fingerprint density at radius 1 is 1.16 bits per heavy atom. The second-order valence-electron chi connectivity index (χ2n) is 9.13. The lowest BCUT2D eigenvalue weighted by atomic mass is 9.78. The number of amides is 1. The van der Waals surface area contributed by atoms with Crippen molar-refractivity contribution in [1.82, 2.24) is 4.98 Å². The summed E-state index contributed by atoms with van der Waals surface area (Å²) in [7, 11) is 2.50. The summed E-state index contributed by atoms with van der Waals surface area (Å²) in [5.74, 6) is -2.62. The van der Waals surface area contributed by atoms with Gasteiger partial charge in [-0.2, -0.15) is 0 Å². The van der Waals surface area contributed by atoms with Crippen LogP contribution in [0.3, 0.4) is 0 Å². The highest BCUT2D eigenvalue weighted by Gasteiger charge is 2.43. The standard InChI is InChI=1S/C28H27F2N3O4/c1-6-18(34)11-16-9-7-8-10-20(16)32-23-12-19-17(14-31-23)15-33(27(35)28(19,2)3)26-24(29)21(36-4)13-22(37-5)25(26)30/h6-10,12-14H,1,11,15H2,2-5H3,(H,31,32). The number of para-hydroxylation sites is 1. The Morgan fingerprint density at radius 2 is 1.81 bits per heavy atom. The molecule has 192 valence electrons.